The number of benzene rings is 1. The molecule has 0 spiro atoms. The molecule has 1 aromatic carbocycles. The van der Waals surface area contributed by atoms with Crippen molar-refractivity contribution in [2.75, 3.05) is 25.4 Å². The van der Waals surface area contributed by atoms with E-state index in [1.54, 1.807) is 27.7 Å². The molecule has 10 heteroatoms. The molecule has 2 atom stereocenters. The largest absolute Gasteiger partial charge is 0.466 e. The molecule has 0 radical (unpaired) electrons. The molecule has 226 valence electrons. The van der Waals surface area contributed by atoms with Gasteiger partial charge in [0.25, 0.3) is 0 Å². The van der Waals surface area contributed by atoms with Crippen molar-refractivity contribution in [2.24, 2.45) is 0 Å². The second-order valence-electron chi connectivity index (χ2n) is 10.9. The number of nitrogens with one attached hydrogen (secondary N) is 2. The lowest BCUT2D eigenvalue weighted by Crippen LogP contribution is -2.54. The van der Waals surface area contributed by atoms with Crippen LogP contribution in [0.25, 0.3) is 0 Å². The first-order chi connectivity index (χ1) is 18.8. The number of carbonyl (C=O) groups excluding carboxylic acids is 4. The van der Waals surface area contributed by atoms with Gasteiger partial charge in [0, 0.05) is 18.8 Å². The Labute approximate surface area is 245 Å². The van der Waals surface area contributed by atoms with Crippen LogP contribution < -0.4 is 10.6 Å². The number of hydrogen-bond acceptors (Lipinski definition) is 7. The predicted octanol–water partition coefficient (Wildman–Crippen LogP) is 5.04. The third-order valence-corrected chi connectivity index (χ3v) is 6.55. The molecule has 0 bridgehead atoms. The maximum atomic E-state index is 14.0. The molecule has 2 unspecified atom stereocenters. The zero-order chi connectivity index (χ0) is 30.3. The summed E-state index contributed by atoms with van der Waals surface area (Å²) >= 11 is 4.35. The number of nitrogens with zero attached hydrogens (tertiary/aromatic N) is 1. The van der Waals surface area contributed by atoms with Crippen molar-refractivity contribution in [1.29, 1.82) is 0 Å². The van der Waals surface area contributed by atoms with E-state index in [1.165, 1.54) is 4.90 Å². The lowest BCUT2D eigenvalue weighted by molar-refractivity contribution is -0.144. The van der Waals surface area contributed by atoms with Gasteiger partial charge in [0.1, 0.15) is 17.7 Å². The van der Waals surface area contributed by atoms with Gasteiger partial charge in [0.2, 0.25) is 11.8 Å². The molecule has 0 aliphatic rings. The Morgan fingerprint density at radius 2 is 1.70 bits per heavy atom. The fourth-order valence-corrected chi connectivity index (χ4v) is 4.46. The van der Waals surface area contributed by atoms with Crippen LogP contribution in [0.1, 0.15) is 95.9 Å². The van der Waals surface area contributed by atoms with E-state index >= 15 is 0 Å². The normalized spacial score (nSPS) is 12.7. The Morgan fingerprint density at radius 1 is 1.02 bits per heavy atom. The van der Waals surface area contributed by atoms with Gasteiger partial charge in [-0.15, -0.1) is 0 Å². The molecule has 1 aromatic rings. The Bertz CT molecular complexity index is 979. The van der Waals surface area contributed by atoms with Crippen molar-refractivity contribution in [3.63, 3.8) is 0 Å². The SMILES string of the molecule is CCCCCCCN(C(=O)C(CS)NC(=O)OC(C)(C)C)C(C(=O)NCCC(=O)OCC)c1cc(C)ccc1C. The number of alkyl carbamates (subject to hydrolysis) is 1. The minimum Gasteiger partial charge on any atom is -0.466 e. The van der Waals surface area contributed by atoms with Crippen LogP contribution in [0.5, 0.6) is 0 Å². The van der Waals surface area contributed by atoms with Crippen molar-refractivity contribution in [2.45, 2.75) is 105 Å². The molecule has 1 rings (SSSR count). The van der Waals surface area contributed by atoms with Crippen LogP contribution in [0, 0.1) is 13.8 Å². The number of thiol groups is 1. The fourth-order valence-electron chi connectivity index (χ4n) is 4.21. The van der Waals surface area contributed by atoms with E-state index in [-0.39, 0.29) is 25.3 Å². The molecular weight excluding hydrogens is 530 g/mol. The number of aryl methyl sites for hydroxylation is 2. The van der Waals surface area contributed by atoms with Crippen LogP contribution in [-0.2, 0) is 23.9 Å². The molecule has 2 N–H and O–H groups in total. The van der Waals surface area contributed by atoms with Gasteiger partial charge in [-0.05, 0) is 59.1 Å². The summed E-state index contributed by atoms with van der Waals surface area (Å²) in [6.45, 7) is 13.5. The van der Waals surface area contributed by atoms with Crippen LogP contribution in [0.15, 0.2) is 18.2 Å². The van der Waals surface area contributed by atoms with Gasteiger partial charge in [-0.2, -0.15) is 12.6 Å². The van der Waals surface area contributed by atoms with E-state index in [4.69, 9.17) is 9.47 Å². The summed E-state index contributed by atoms with van der Waals surface area (Å²) in [5.74, 6) is -1.22. The summed E-state index contributed by atoms with van der Waals surface area (Å²) in [5, 5.41) is 5.46. The molecule has 0 saturated heterocycles. The fraction of sp³-hybridized carbons (Fsp3) is 0.667. The van der Waals surface area contributed by atoms with Crippen molar-refractivity contribution in [3.8, 4) is 0 Å². The first-order valence-electron chi connectivity index (χ1n) is 14.3. The number of unbranched alkanes of at least 4 members (excludes halogenated alkanes) is 4. The number of ether oxygens (including phenoxy) is 2. The highest BCUT2D eigenvalue weighted by molar-refractivity contribution is 7.80. The average molecular weight is 580 g/mol. The van der Waals surface area contributed by atoms with Gasteiger partial charge in [-0.3, -0.25) is 14.4 Å². The second kappa shape index (κ2) is 17.8. The number of amides is 3. The maximum absolute atomic E-state index is 14.0. The molecule has 0 saturated carbocycles. The van der Waals surface area contributed by atoms with Crippen LogP contribution in [0.3, 0.4) is 0 Å². The van der Waals surface area contributed by atoms with Crippen molar-refractivity contribution in [3.05, 3.63) is 34.9 Å². The molecule has 0 aromatic heterocycles. The molecule has 0 fully saturated rings. The summed E-state index contributed by atoms with van der Waals surface area (Å²) in [5.41, 5.74) is 1.74. The topological polar surface area (TPSA) is 114 Å². The summed E-state index contributed by atoms with van der Waals surface area (Å²) in [6, 6.07) is 3.80. The Balaban J connectivity index is 3.41. The number of hydrogen-bond donors (Lipinski definition) is 3. The minimum absolute atomic E-state index is 0.0174. The molecular formula is C30H49N3O6S. The zero-order valence-electron chi connectivity index (χ0n) is 25.3. The van der Waals surface area contributed by atoms with Gasteiger partial charge >= 0.3 is 12.1 Å². The smallest absolute Gasteiger partial charge is 0.408 e. The van der Waals surface area contributed by atoms with E-state index < -0.39 is 41.6 Å². The summed E-state index contributed by atoms with van der Waals surface area (Å²) in [6.07, 6.45) is 4.06. The van der Waals surface area contributed by atoms with Crippen molar-refractivity contribution < 1.29 is 28.7 Å². The van der Waals surface area contributed by atoms with Gasteiger partial charge < -0.3 is 25.0 Å². The Morgan fingerprint density at radius 3 is 2.30 bits per heavy atom. The maximum Gasteiger partial charge on any atom is 0.408 e. The molecule has 0 heterocycles. The van der Waals surface area contributed by atoms with E-state index in [0.29, 0.717) is 18.5 Å². The third kappa shape index (κ3) is 12.6. The van der Waals surface area contributed by atoms with Crippen LogP contribution in [0.4, 0.5) is 4.79 Å². The molecule has 3 amide bonds. The Kier molecular flexibility index (Phi) is 15.7. The summed E-state index contributed by atoms with van der Waals surface area (Å²) < 4.78 is 10.3. The van der Waals surface area contributed by atoms with Crippen LogP contribution in [0.2, 0.25) is 0 Å². The zero-order valence-corrected chi connectivity index (χ0v) is 26.2. The lowest BCUT2D eigenvalue weighted by atomic mass is 9.96. The van der Waals surface area contributed by atoms with Gasteiger partial charge in [-0.25, -0.2) is 4.79 Å². The van der Waals surface area contributed by atoms with Crippen LogP contribution >= 0.6 is 12.6 Å². The highest BCUT2D eigenvalue weighted by Crippen LogP contribution is 2.27. The molecule has 0 aliphatic carbocycles. The number of esters is 1. The second-order valence-corrected chi connectivity index (χ2v) is 11.3. The first kappa shape index (κ1) is 35.3. The predicted molar refractivity (Wildman–Crippen MR) is 160 cm³/mol. The summed E-state index contributed by atoms with van der Waals surface area (Å²) in [4.78, 5) is 53.7. The van der Waals surface area contributed by atoms with Crippen molar-refractivity contribution in [1.82, 2.24) is 15.5 Å². The van der Waals surface area contributed by atoms with Gasteiger partial charge in [0.15, 0.2) is 0 Å². The minimum atomic E-state index is -1.01. The van der Waals surface area contributed by atoms with Crippen LogP contribution in [-0.4, -0.2) is 65.9 Å². The van der Waals surface area contributed by atoms with E-state index in [2.05, 4.69) is 30.2 Å². The third-order valence-electron chi connectivity index (χ3n) is 6.18. The highest BCUT2D eigenvalue weighted by atomic mass is 32.1. The van der Waals surface area contributed by atoms with E-state index in [9.17, 15) is 19.2 Å². The van der Waals surface area contributed by atoms with E-state index in [0.717, 1.165) is 36.8 Å². The Hall–Kier alpha value is -2.75. The first-order valence-corrected chi connectivity index (χ1v) is 14.9. The number of carbonyl (C=O) groups is 4. The molecule has 9 nitrogen and oxygen atoms in total. The highest BCUT2D eigenvalue weighted by Gasteiger charge is 2.36. The number of rotatable bonds is 16. The van der Waals surface area contributed by atoms with E-state index in [1.807, 2.05) is 32.0 Å². The van der Waals surface area contributed by atoms with Gasteiger partial charge in [0.05, 0.1) is 13.0 Å². The lowest BCUT2D eigenvalue weighted by Gasteiger charge is -2.35. The van der Waals surface area contributed by atoms with Gasteiger partial charge in [-0.1, -0.05) is 56.4 Å². The van der Waals surface area contributed by atoms with Crippen molar-refractivity contribution >= 4 is 36.5 Å². The average Bonchev–Trinajstić information content (AvgIpc) is 2.87. The monoisotopic (exact) mass is 579 g/mol. The summed E-state index contributed by atoms with van der Waals surface area (Å²) in [7, 11) is 0. The molecule has 40 heavy (non-hydrogen) atoms. The standard InChI is InChI=1S/C30H49N3O6S/c1-8-10-11-12-13-18-33(28(36)24(20-40)32-29(37)39-30(5,6)7)26(23-19-21(3)14-15-22(23)4)27(35)31-17-16-25(34)38-9-2/h14-15,19,24,26,40H,8-13,16-18,20H2,1-7H3,(H,31,35)(H,32,37). The molecule has 0 aliphatic heterocycles. The quantitative estimate of drug-likeness (QED) is 0.144.